The van der Waals surface area contributed by atoms with Crippen LogP contribution in [0.3, 0.4) is 0 Å². The molecule has 2 atom stereocenters. The van der Waals surface area contributed by atoms with Crippen LogP contribution in [-0.2, 0) is 33.4 Å². The van der Waals surface area contributed by atoms with Gasteiger partial charge in [0.15, 0.2) is 5.92 Å². The van der Waals surface area contributed by atoms with E-state index in [-0.39, 0.29) is 6.61 Å². The molecule has 0 aromatic carbocycles. The van der Waals surface area contributed by atoms with Crippen molar-refractivity contribution in [3.63, 3.8) is 0 Å². The SMILES string of the molecule is CCOCC(=O)N[C@H](C(N)=O)[C@H](C)C(C(=O)OC)C(=O)OC. The highest BCUT2D eigenvalue weighted by Crippen LogP contribution is 2.19. The second-order valence-electron chi connectivity index (χ2n) is 4.47. The molecule has 0 aliphatic rings. The lowest BCUT2D eigenvalue weighted by molar-refractivity contribution is -0.162. The standard InChI is InChI=1S/C13H22N2O7/c1-5-22-6-8(16)15-10(11(14)17)7(2)9(12(18)20-3)13(19)21-4/h7,9-10H,5-6H2,1-4H3,(H2,14,17)(H,15,16)/t7-,10+/m1/s1. The topological polar surface area (TPSA) is 134 Å². The Morgan fingerprint density at radius 1 is 1.09 bits per heavy atom. The van der Waals surface area contributed by atoms with E-state index >= 15 is 0 Å². The number of hydrogen-bond donors (Lipinski definition) is 2. The van der Waals surface area contributed by atoms with Gasteiger partial charge in [-0.05, 0) is 6.92 Å². The molecule has 0 saturated heterocycles. The van der Waals surface area contributed by atoms with Crippen molar-refractivity contribution in [2.24, 2.45) is 17.6 Å². The van der Waals surface area contributed by atoms with Crippen LogP contribution in [0.2, 0.25) is 0 Å². The predicted octanol–water partition coefficient (Wildman–Crippen LogP) is -1.41. The van der Waals surface area contributed by atoms with Gasteiger partial charge in [0.05, 0.1) is 14.2 Å². The van der Waals surface area contributed by atoms with Gasteiger partial charge in [0.1, 0.15) is 12.6 Å². The van der Waals surface area contributed by atoms with Crippen molar-refractivity contribution in [1.82, 2.24) is 5.32 Å². The Kier molecular flexibility index (Phi) is 8.76. The molecule has 126 valence electrons. The molecular weight excluding hydrogens is 296 g/mol. The molecule has 0 radical (unpaired) electrons. The summed E-state index contributed by atoms with van der Waals surface area (Å²) in [5.74, 6) is -5.60. The van der Waals surface area contributed by atoms with Crippen LogP contribution in [0.25, 0.3) is 0 Å². The summed E-state index contributed by atoms with van der Waals surface area (Å²) in [5.41, 5.74) is 5.24. The number of methoxy groups -OCH3 is 2. The van der Waals surface area contributed by atoms with E-state index in [1.807, 2.05) is 0 Å². The fourth-order valence-corrected chi connectivity index (χ4v) is 1.84. The Morgan fingerprint density at radius 2 is 1.59 bits per heavy atom. The number of carbonyl (C=O) groups is 4. The lowest BCUT2D eigenvalue weighted by atomic mass is 9.87. The molecule has 0 bridgehead atoms. The molecule has 0 fully saturated rings. The first kappa shape index (κ1) is 19.8. The largest absolute Gasteiger partial charge is 0.468 e. The number of amides is 2. The molecule has 22 heavy (non-hydrogen) atoms. The van der Waals surface area contributed by atoms with Gasteiger partial charge in [-0.1, -0.05) is 6.92 Å². The summed E-state index contributed by atoms with van der Waals surface area (Å²) in [6.07, 6.45) is 0. The number of rotatable bonds is 9. The molecular formula is C13H22N2O7. The van der Waals surface area contributed by atoms with E-state index in [2.05, 4.69) is 14.8 Å². The van der Waals surface area contributed by atoms with E-state index in [9.17, 15) is 19.2 Å². The number of nitrogens with two attached hydrogens (primary N) is 1. The highest BCUT2D eigenvalue weighted by atomic mass is 16.5. The highest BCUT2D eigenvalue weighted by Gasteiger charge is 2.41. The molecule has 0 saturated carbocycles. The number of esters is 2. The van der Waals surface area contributed by atoms with Crippen LogP contribution in [0.4, 0.5) is 0 Å². The summed E-state index contributed by atoms with van der Waals surface area (Å²) in [7, 11) is 2.19. The van der Waals surface area contributed by atoms with E-state index in [0.29, 0.717) is 6.61 Å². The van der Waals surface area contributed by atoms with Gasteiger partial charge in [-0.2, -0.15) is 0 Å². The van der Waals surface area contributed by atoms with E-state index in [1.165, 1.54) is 6.92 Å². The molecule has 9 nitrogen and oxygen atoms in total. The van der Waals surface area contributed by atoms with Gasteiger partial charge in [-0.3, -0.25) is 19.2 Å². The predicted molar refractivity (Wildman–Crippen MR) is 74.3 cm³/mol. The molecule has 0 aliphatic carbocycles. The van der Waals surface area contributed by atoms with Crippen LogP contribution >= 0.6 is 0 Å². The van der Waals surface area contributed by atoms with E-state index < -0.39 is 41.6 Å². The maximum Gasteiger partial charge on any atom is 0.320 e. The van der Waals surface area contributed by atoms with E-state index in [0.717, 1.165) is 14.2 Å². The van der Waals surface area contributed by atoms with Crippen molar-refractivity contribution in [2.75, 3.05) is 27.4 Å². The molecule has 0 aliphatic heterocycles. The summed E-state index contributed by atoms with van der Waals surface area (Å²) in [4.78, 5) is 46.6. The Hall–Kier alpha value is -2.16. The molecule has 0 rings (SSSR count). The highest BCUT2D eigenvalue weighted by molar-refractivity contribution is 5.97. The Bertz CT molecular complexity index is 409. The van der Waals surface area contributed by atoms with Crippen molar-refractivity contribution < 1.29 is 33.4 Å². The first-order chi connectivity index (χ1) is 10.3. The summed E-state index contributed by atoms with van der Waals surface area (Å²) in [5, 5.41) is 2.34. The quantitative estimate of drug-likeness (QED) is 0.394. The second-order valence-corrected chi connectivity index (χ2v) is 4.47. The fraction of sp³-hybridized carbons (Fsp3) is 0.692. The minimum absolute atomic E-state index is 0.270. The minimum atomic E-state index is -1.39. The van der Waals surface area contributed by atoms with Gasteiger partial charge in [0.2, 0.25) is 11.8 Å². The number of nitrogens with one attached hydrogen (secondary N) is 1. The van der Waals surface area contributed by atoms with Crippen LogP contribution in [0, 0.1) is 11.8 Å². The van der Waals surface area contributed by atoms with Gasteiger partial charge >= 0.3 is 11.9 Å². The molecule has 3 N–H and O–H groups in total. The normalized spacial score (nSPS) is 13.1. The lowest BCUT2D eigenvalue weighted by Gasteiger charge is -2.26. The first-order valence-corrected chi connectivity index (χ1v) is 6.62. The van der Waals surface area contributed by atoms with Gasteiger partial charge in [-0.15, -0.1) is 0 Å². The number of hydrogen-bond acceptors (Lipinski definition) is 7. The van der Waals surface area contributed by atoms with Gasteiger partial charge in [0, 0.05) is 12.5 Å². The summed E-state index contributed by atoms with van der Waals surface area (Å²) in [6.45, 7) is 3.16. The molecule has 0 aromatic heterocycles. The van der Waals surface area contributed by atoms with Gasteiger partial charge in [0.25, 0.3) is 0 Å². The number of ether oxygens (including phenoxy) is 3. The third-order valence-corrected chi connectivity index (χ3v) is 3.02. The molecule has 2 amide bonds. The summed E-state index contributed by atoms with van der Waals surface area (Å²) >= 11 is 0. The summed E-state index contributed by atoms with van der Waals surface area (Å²) < 4.78 is 14.0. The fourth-order valence-electron chi connectivity index (χ4n) is 1.84. The van der Waals surface area contributed by atoms with Crippen molar-refractivity contribution in [3.8, 4) is 0 Å². The second kappa shape index (κ2) is 9.72. The van der Waals surface area contributed by atoms with Crippen molar-refractivity contribution >= 4 is 23.8 Å². The summed E-state index contributed by atoms with van der Waals surface area (Å²) in [6, 6.07) is -1.25. The molecule has 0 spiro atoms. The van der Waals surface area contributed by atoms with E-state index in [4.69, 9.17) is 10.5 Å². The van der Waals surface area contributed by atoms with Crippen LogP contribution in [0.15, 0.2) is 0 Å². The minimum Gasteiger partial charge on any atom is -0.468 e. The van der Waals surface area contributed by atoms with Crippen LogP contribution in [-0.4, -0.2) is 57.2 Å². The third-order valence-electron chi connectivity index (χ3n) is 3.02. The zero-order valence-electron chi connectivity index (χ0n) is 13.1. The molecule has 0 aromatic rings. The average Bonchev–Trinajstić information content (AvgIpc) is 2.49. The third kappa shape index (κ3) is 5.68. The van der Waals surface area contributed by atoms with Crippen molar-refractivity contribution in [2.45, 2.75) is 19.9 Å². The van der Waals surface area contributed by atoms with Crippen LogP contribution in [0.5, 0.6) is 0 Å². The monoisotopic (exact) mass is 318 g/mol. The molecule has 0 unspecified atom stereocenters. The number of primary amides is 1. The van der Waals surface area contributed by atoms with Crippen LogP contribution < -0.4 is 11.1 Å². The maximum atomic E-state index is 11.7. The van der Waals surface area contributed by atoms with Crippen molar-refractivity contribution in [3.05, 3.63) is 0 Å². The Morgan fingerprint density at radius 3 is 1.95 bits per heavy atom. The Labute approximate surface area is 128 Å². The van der Waals surface area contributed by atoms with Crippen molar-refractivity contribution in [1.29, 1.82) is 0 Å². The van der Waals surface area contributed by atoms with E-state index in [1.54, 1.807) is 6.92 Å². The average molecular weight is 318 g/mol. The zero-order chi connectivity index (χ0) is 17.3. The van der Waals surface area contributed by atoms with Gasteiger partial charge < -0.3 is 25.3 Å². The maximum absolute atomic E-state index is 11.7. The van der Waals surface area contributed by atoms with Crippen LogP contribution in [0.1, 0.15) is 13.8 Å². The van der Waals surface area contributed by atoms with Gasteiger partial charge in [-0.25, -0.2) is 0 Å². The lowest BCUT2D eigenvalue weighted by Crippen LogP contribution is -2.53. The molecule has 0 heterocycles. The zero-order valence-corrected chi connectivity index (χ0v) is 13.1. The number of carbonyl (C=O) groups excluding carboxylic acids is 4. The first-order valence-electron chi connectivity index (χ1n) is 6.62. The smallest absolute Gasteiger partial charge is 0.320 e. The Balaban J connectivity index is 5.19. The molecule has 9 heteroatoms.